The molecule has 0 unspecified atom stereocenters. The fourth-order valence-corrected chi connectivity index (χ4v) is 4.96. The van der Waals surface area contributed by atoms with E-state index in [2.05, 4.69) is 26.7 Å². The Morgan fingerprint density at radius 3 is 2.81 bits per heavy atom. The van der Waals surface area contributed by atoms with Crippen molar-refractivity contribution in [1.82, 2.24) is 19.8 Å². The van der Waals surface area contributed by atoms with Crippen molar-refractivity contribution in [2.75, 3.05) is 30.8 Å². The molecule has 3 aromatic heterocycles. The molecule has 0 atom stereocenters. The monoisotopic (exact) mass is 582 g/mol. The number of ether oxygens (including phenoxy) is 1. The van der Waals surface area contributed by atoms with Crippen LogP contribution in [0.4, 0.5) is 16.3 Å². The topological polar surface area (TPSA) is 113 Å². The van der Waals surface area contributed by atoms with Crippen molar-refractivity contribution in [3.63, 3.8) is 0 Å². The lowest BCUT2D eigenvalue weighted by atomic mass is 10.1. The highest BCUT2D eigenvalue weighted by Gasteiger charge is 2.25. The van der Waals surface area contributed by atoms with Gasteiger partial charge in [0.15, 0.2) is 0 Å². The molecule has 0 radical (unpaired) electrons. The Morgan fingerprint density at radius 2 is 2.05 bits per heavy atom. The van der Waals surface area contributed by atoms with Crippen molar-refractivity contribution in [1.29, 1.82) is 0 Å². The van der Waals surface area contributed by atoms with Gasteiger partial charge >= 0.3 is 6.09 Å². The first-order chi connectivity index (χ1) is 20.6. The zero-order valence-corrected chi connectivity index (χ0v) is 25.3. The summed E-state index contributed by atoms with van der Waals surface area (Å²) in [5.74, 6) is 1.30. The van der Waals surface area contributed by atoms with Crippen LogP contribution in [0.25, 0.3) is 17.0 Å². The lowest BCUT2D eigenvalue weighted by Crippen LogP contribution is -2.37. The van der Waals surface area contributed by atoms with Gasteiger partial charge in [-0.05, 0) is 69.2 Å². The molecule has 10 nitrogen and oxygen atoms in total. The number of nitrogens with zero attached hydrogens (tertiary/aromatic N) is 4. The van der Waals surface area contributed by atoms with Crippen molar-refractivity contribution in [2.45, 2.75) is 52.9 Å². The van der Waals surface area contributed by atoms with Gasteiger partial charge < -0.3 is 29.6 Å². The minimum absolute atomic E-state index is 0.165. The van der Waals surface area contributed by atoms with E-state index in [4.69, 9.17) is 9.15 Å². The molecule has 4 heterocycles. The molecular formula is C33H38N6O4. The normalized spacial score (nSPS) is 13.4. The molecule has 224 valence electrons. The first-order valence-electron chi connectivity index (χ1n) is 14.3. The Morgan fingerprint density at radius 1 is 1.21 bits per heavy atom. The standard InChI is InChI=1S/C33H38N6O4/c1-22-28(42-27-10-6-8-24(30(22)27)18-36-26-9-7-13-34-19-26)21-38(5)29(40)12-11-23-16-25-20-39(32(41)43-33(2,3)4)15-14-35-31(25)37-17-23/h6-13,16-17,19,36H,14-15,18,20-21H2,1-5H3,(H,35,37)/b12-11+. The molecule has 5 rings (SSSR count). The summed E-state index contributed by atoms with van der Waals surface area (Å²) in [6.07, 6.45) is 8.15. The van der Waals surface area contributed by atoms with Crippen LogP contribution >= 0.6 is 0 Å². The van der Waals surface area contributed by atoms with Gasteiger partial charge in [0.05, 0.1) is 18.8 Å². The molecule has 10 heteroatoms. The number of fused-ring (bicyclic) bond motifs is 2. The molecule has 0 saturated carbocycles. The van der Waals surface area contributed by atoms with Gasteiger partial charge in [0.2, 0.25) is 5.91 Å². The molecule has 4 aromatic rings. The Bertz CT molecular complexity index is 1640. The molecule has 1 aliphatic heterocycles. The lowest BCUT2D eigenvalue weighted by Gasteiger charge is -2.26. The Kier molecular flexibility index (Phi) is 8.66. The molecule has 0 fully saturated rings. The number of hydrogen-bond acceptors (Lipinski definition) is 8. The first-order valence-corrected chi connectivity index (χ1v) is 14.3. The van der Waals surface area contributed by atoms with E-state index in [9.17, 15) is 9.59 Å². The second-order valence-electron chi connectivity index (χ2n) is 11.7. The largest absolute Gasteiger partial charge is 0.459 e. The van der Waals surface area contributed by atoms with Gasteiger partial charge in [0.25, 0.3) is 0 Å². The number of carbonyl (C=O) groups is 2. The fourth-order valence-electron chi connectivity index (χ4n) is 4.96. The minimum atomic E-state index is -0.574. The highest BCUT2D eigenvalue weighted by molar-refractivity contribution is 5.92. The highest BCUT2D eigenvalue weighted by Crippen LogP contribution is 2.30. The Labute approximate surface area is 251 Å². The van der Waals surface area contributed by atoms with Crippen molar-refractivity contribution in [3.8, 4) is 0 Å². The van der Waals surface area contributed by atoms with Crippen molar-refractivity contribution in [2.24, 2.45) is 0 Å². The number of hydrogen-bond donors (Lipinski definition) is 2. The van der Waals surface area contributed by atoms with E-state index in [1.807, 2.05) is 58.0 Å². The second kappa shape index (κ2) is 12.6. The van der Waals surface area contributed by atoms with Crippen molar-refractivity contribution >= 4 is 40.6 Å². The first kappa shape index (κ1) is 29.6. The summed E-state index contributed by atoms with van der Waals surface area (Å²) in [5, 5.41) is 7.73. The minimum Gasteiger partial charge on any atom is -0.459 e. The Hall–Kier alpha value is -4.86. The van der Waals surface area contributed by atoms with Crippen LogP contribution in [0.5, 0.6) is 0 Å². The summed E-state index contributed by atoms with van der Waals surface area (Å²) in [6, 6.07) is 11.8. The van der Waals surface area contributed by atoms with Gasteiger partial charge in [-0.2, -0.15) is 0 Å². The van der Waals surface area contributed by atoms with Gasteiger partial charge in [-0.3, -0.25) is 9.78 Å². The number of nitrogens with one attached hydrogen (secondary N) is 2. The molecular weight excluding hydrogens is 544 g/mol. The van der Waals surface area contributed by atoms with Crippen molar-refractivity contribution < 1.29 is 18.7 Å². The number of rotatable bonds is 7. The van der Waals surface area contributed by atoms with Crippen LogP contribution in [0.3, 0.4) is 0 Å². The number of anilines is 2. The molecule has 2 amide bonds. The molecule has 1 aliphatic rings. The smallest absolute Gasteiger partial charge is 0.410 e. The zero-order chi connectivity index (χ0) is 30.6. The predicted octanol–water partition coefficient (Wildman–Crippen LogP) is 5.98. The quantitative estimate of drug-likeness (QED) is 0.256. The van der Waals surface area contributed by atoms with Gasteiger partial charge in [-0.1, -0.05) is 12.1 Å². The summed E-state index contributed by atoms with van der Waals surface area (Å²) >= 11 is 0. The van der Waals surface area contributed by atoms with E-state index in [1.54, 1.807) is 41.5 Å². The summed E-state index contributed by atoms with van der Waals surface area (Å²) in [5.41, 5.74) is 4.91. The predicted molar refractivity (Wildman–Crippen MR) is 167 cm³/mol. The summed E-state index contributed by atoms with van der Waals surface area (Å²) in [6.45, 7) is 9.97. The summed E-state index contributed by atoms with van der Waals surface area (Å²) in [4.78, 5) is 37.7. The average molecular weight is 583 g/mol. The summed E-state index contributed by atoms with van der Waals surface area (Å²) < 4.78 is 11.7. The number of aromatic nitrogens is 2. The number of likely N-dealkylation sites (N-methyl/N-ethyl adjacent to an activating group) is 1. The van der Waals surface area contributed by atoms with E-state index in [1.165, 1.54) is 6.08 Å². The molecule has 43 heavy (non-hydrogen) atoms. The third kappa shape index (κ3) is 7.32. The number of aryl methyl sites for hydroxylation is 1. The maximum atomic E-state index is 13.1. The molecule has 0 spiro atoms. The molecule has 1 aromatic carbocycles. The van der Waals surface area contributed by atoms with Gasteiger partial charge in [0, 0.05) is 67.9 Å². The number of carbonyl (C=O) groups excluding carboxylic acids is 2. The highest BCUT2D eigenvalue weighted by atomic mass is 16.6. The van der Waals surface area contributed by atoms with E-state index >= 15 is 0 Å². The molecule has 2 N–H and O–H groups in total. The van der Waals surface area contributed by atoms with Crippen LogP contribution in [0.1, 0.15) is 48.8 Å². The maximum Gasteiger partial charge on any atom is 0.410 e. The average Bonchev–Trinajstić information content (AvgIpc) is 3.14. The van der Waals surface area contributed by atoms with Crippen LogP contribution in [-0.4, -0.2) is 57.5 Å². The molecule has 0 saturated heterocycles. The number of furan rings is 1. The Balaban J connectivity index is 1.25. The fraction of sp³-hybridized carbons (Fsp3) is 0.333. The van der Waals surface area contributed by atoms with Gasteiger partial charge in [0.1, 0.15) is 22.8 Å². The second-order valence-corrected chi connectivity index (χ2v) is 11.7. The summed E-state index contributed by atoms with van der Waals surface area (Å²) in [7, 11) is 1.75. The van der Waals surface area contributed by atoms with Crippen LogP contribution < -0.4 is 10.6 Å². The third-order valence-electron chi connectivity index (χ3n) is 7.13. The van der Waals surface area contributed by atoms with E-state index in [-0.39, 0.29) is 12.0 Å². The van der Waals surface area contributed by atoms with E-state index in [0.717, 1.165) is 50.5 Å². The van der Waals surface area contributed by atoms with E-state index < -0.39 is 5.60 Å². The molecule has 0 bridgehead atoms. The number of amides is 2. The zero-order valence-electron chi connectivity index (χ0n) is 25.3. The molecule has 0 aliphatic carbocycles. The number of benzene rings is 1. The maximum absolute atomic E-state index is 13.1. The third-order valence-corrected chi connectivity index (χ3v) is 7.13. The van der Waals surface area contributed by atoms with Crippen LogP contribution in [0.15, 0.2) is 65.5 Å². The van der Waals surface area contributed by atoms with Gasteiger partial charge in [-0.25, -0.2) is 9.78 Å². The van der Waals surface area contributed by atoms with Crippen LogP contribution in [0.2, 0.25) is 0 Å². The van der Waals surface area contributed by atoms with E-state index in [0.29, 0.717) is 32.7 Å². The van der Waals surface area contributed by atoms with Crippen LogP contribution in [0, 0.1) is 6.92 Å². The van der Waals surface area contributed by atoms with Gasteiger partial charge in [-0.15, -0.1) is 0 Å². The van der Waals surface area contributed by atoms with Crippen LogP contribution in [-0.2, 0) is 29.2 Å². The lowest BCUT2D eigenvalue weighted by molar-refractivity contribution is -0.125. The number of pyridine rings is 2. The SMILES string of the molecule is Cc1c(CN(C)C(=O)/C=C/c2cnc3c(c2)CN(C(=O)OC(C)(C)C)CCN3)oc2cccc(CNc3cccnc3)c12. The van der Waals surface area contributed by atoms with Crippen molar-refractivity contribution in [3.05, 3.63) is 89.1 Å².